The molecular weight excluding hydrogens is 188 g/mol. The van der Waals surface area contributed by atoms with Crippen molar-refractivity contribution in [1.82, 2.24) is 0 Å². The Morgan fingerprint density at radius 2 is 2.00 bits per heavy atom. The average Bonchev–Trinajstić information content (AvgIpc) is 2.03. The Bertz CT molecular complexity index is 159. The molecule has 0 aliphatic carbocycles. The molecular formula is C9H18O3S. The zero-order chi connectivity index (χ0) is 10.4. The van der Waals surface area contributed by atoms with E-state index in [-0.39, 0.29) is 10.5 Å². The first-order valence-electron chi connectivity index (χ1n) is 4.55. The SMILES string of the molecule is CCCC(SC(C)C(C)O)C(=O)O. The molecule has 0 heterocycles. The Balaban J connectivity index is 4.01. The van der Waals surface area contributed by atoms with Gasteiger partial charge in [-0.15, -0.1) is 11.8 Å². The van der Waals surface area contributed by atoms with Crippen LogP contribution in [0.15, 0.2) is 0 Å². The third kappa shape index (κ3) is 5.16. The van der Waals surface area contributed by atoms with E-state index in [1.165, 1.54) is 11.8 Å². The summed E-state index contributed by atoms with van der Waals surface area (Å²) in [5, 5.41) is 17.6. The molecule has 3 unspecified atom stereocenters. The minimum Gasteiger partial charge on any atom is -0.480 e. The van der Waals surface area contributed by atoms with Crippen LogP contribution in [0.5, 0.6) is 0 Å². The molecule has 0 aromatic rings. The van der Waals surface area contributed by atoms with Crippen molar-refractivity contribution in [1.29, 1.82) is 0 Å². The van der Waals surface area contributed by atoms with Crippen molar-refractivity contribution in [2.24, 2.45) is 0 Å². The maximum Gasteiger partial charge on any atom is 0.316 e. The van der Waals surface area contributed by atoms with Gasteiger partial charge in [0.25, 0.3) is 0 Å². The molecule has 0 fully saturated rings. The topological polar surface area (TPSA) is 57.5 Å². The van der Waals surface area contributed by atoms with Crippen LogP contribution in [0.4, 0.5) is 0 Å². The molecule has 0 rings (SSSR count). The number of carbonyl (C=O) groups is 1. The Hall–Kier alpha value is -0.220. The number of carboxylic acids is 1. The molecule has 2 N–H and O–H groups in total. The fourth-order valence-electron chi connectivity index (χ4n) is 0.885. The second kappa shape index (κ2) is 6.27. The summed E-state index contributed by atoms with van der Waals surface area (Å²) in [6.45, 7) is 5.49. The molecule has 13 heavy (non-hydrogen) atoms. The van der Waals surface area contributed by atoms with Gasteiger partial charge in [-0.1, -0.05) is 20.3 Å². The molecule has 3 nitrogen and oxygen atoms in total. The minimum atomic E-state index is -0.778. The highest BCUT2D eigenvalue weighted by Crippen LogP contribution is 2.23. The summed E-state index contributed by atoms with van der Waals surface area (Å²) in [6, 6.07) is 0. The standard InChI is InChI=1S/C9H18O3S/c1-4-5-8(9(11)12)13-7(3)6(2)10/h6-8,10H,4-5H2,1-3H3,(H,11,12). The third-order valence-corrected chi connectivity index (χ3v) is 3.47. The second-order valence-corrected chi connectivity index (χ2v) is 4.78. The lowest BCUT2D eigenvalue weighted by atomic mass is 10.2. The minimum absolute atomic E-state index is 0.0207. The number of aliphatic hydroxyl groups excluding tert-OH is 1. The van der Waals surface area contributed by atoms with E-state index in [1.807, 2.05) is 13.8 Å². The van der Waals surface area contributed by atoms with E-state index in [9.17, 15) is 9.90 Å². The number of rotatable bonds is 6. The summed E-state index contributed by atoms with van der Waals surface area (Å²) in [7, 11) is 0. The Kier molecular flexibility index (Phi) is 6.16. The van der Waals surface area contributed by atoms with Crippen LogP contribution in [0.2, 0.25) is 0 Å². The van der Waals surface area contributed by atoms with Crippen LogP contribution in [-0.2, 0) is 4.79 Å². The monoisotopic (exact) mass is 206 g/mol. The summed E-state index contributed by atoms with van der Waals surface area (Å²) in [5.74, 6) is -0.778. The predicted molar refractivity (Wildman–Crippen MR) is 55.1 cm³/mol. The van der Waals surface area contributed by atoms with Crippen molar-refractivity contribution < 1.29 is 15.0 Å². The zero-order valence-electron chi connectivity index (χ0n) is 8.36. The number of aliphatic hydroxyl groups is 1. The van der Waals surface area contributed by atoms with Gasteiger partial charge in [0.15, 0.2) is 0 Å². The van der Waals surface area contributed by atoms with Crippen molar-refractivity contribution in [2.45, 2.75) is 50.2 Å². The number of hydrogen-bond donors (Lipinski definition) is 2. The highest BCUT2D eigenvalue weighted by Gasteiger charge is 2.21. The first-order valence-corrected chi connectivity index (χ1v) is 5.49. The van der Waals surface area contributed by atoms with Crippen LogP contribution >= 0.6 is 11.8 Å². The number of aliphatic carboxylic acids is 1. The van der Waals surface area contributed by atoms with E-state index >= 15 is 0 Å². The maximum atomic E-state index is 10.7. The first-order chi connectivity index (χ1) is 5.99. The van der Waals surface area contributed by atoms with Gasteiger partial charge in [-0.25, -0.2) is 0 Å². The quantitative estimate of drug-likeness (QED) is 0.695. The van der Waals surface area contributed by atoms with Crippen LogP contribution in [0, 0.1) is 0 Å². The molecule has 4 heteroatoms. The van der Waals surface area contributed by atoms with Crippen molar-refractivity contribution in [3.05, 3.63) is 0 Å². The van der Waals surface area contributed by atoms with E-state index in [1.54, 1.807) is 6.92 Å². The van der Waals surface area contributed by atoms with Gasteiger partial charge < -0.3 is 10.2 Å². The van der Waals surface area contributed by atoms with E-state index in [2.05, 4.69) is 0 Å². The maximum absolute atomic E-state index is 10.7. The van der Waals surface area contributed by atoms with E-state index < -0.39 is 12.1 Å². The second-order valence-electron chi connectivity index (χ2n) is 3.20. The summed E-state index contributed by atoms with van der Waals surface area (Å²) < 4.78 is 0. The normalized spacial score (nSPS) is 17.8. The van der Waals surface area contributed by atoms with Gasteiger partial charge >= 0.3 is 5.97 Å². The van der Waals surface area contributed by atoms with Crippen molar-refractivity contribution in [3.8, 4) is 0 Å². The molecule has 0 spiro atoms. The van der Waals surface area contributed by atoms with E-state index in [4.69, 9.17) is 5.11 Å². The molecule has 0 saturated carbocycles. The lowest BCUT2D eigenvalue weighted by Gasteiger charge is -2.18. The molecule has 0 radical (unpaired) electrons. The Labute approximate surface area is 83.5 Å². The molecule has 78 valence electrons. The summed E-state index contributed by atoms with van der Waals surface area (Å²) in [5.41, 5.74) is 0. The van der Waals surface area contributed by atoms with Crippen molar-refractivity contribution in [3.63, 3.8) is 0 Å². The van der Waals surface area contributed by atoms with E-state index in [0.29, 0.717) is 6.42 Å². The molecule has 3 atom stereocenters. The molecule has 0 saturated heterocycles. The predicted octanol–water partition coefficient (Wildman–Crippen LogP) is 1.74. The highest BCUT2D eigenvalue weighted by molar-refractivity contribution is 8.01. The van der Waals surface area contributed by atoms with Gasteiger partial charge in [-0.3, -0.25) is 4.79 Å². The summed E-state index contributed by atoms with van der Waals surface area (Å²) >= 11 is 1.34. The fraction of sp³-hybridized carbons (Fsp3) is 0.889. The van der Waals surface area contributed by atoms with Gasteiger partial charge in [-0.05, 0) is 13.3 Å². The van der Waals surface area contributed by atoms with Crippen LogP contribution in [-0.4, -0.2) is 32.8 Å². The van der Waals surface area contributed by atoms with Gasteiger partial charge in [0.05, 0.1) is 6.10 Å². The lowest BCUT2D eigenvalue weighted by molar-refractivity contribution is -0.136. The van der Waals surface area contributed by atoms with Gasteiger partial charge in [0.1, 0.15) is 5.25 Å². The smallest absolute Gasteiger partial charge is 0.316 e. The van der Waals surface area contributed by atoms with Gasteiger partial charge in [0.2, 0.25) is 0 Å². The first kappa shape index (κ1) is 12.8. The molecule has 0 aromatic heterocycles. The van der Waals surface area contributed by atoms with E-state index in [0.717, 1.165) is 6.42 Å². The molecule has 0 amide bonds. The zero-order valence-corrected chi connectivity index (χ0v) is 9.17. The molecule has 0 aliphatic heterocycles. The van der Waals surface area contributed by atoms with Crippen molar-refractivity contribution in [2.75, 3.05) is 0 Å². The fourth-order valence-corrected chi connectivity index (χ4v) is 2.12. The largest absolute Gasteiger partial charge is 0.480 e. The van der Waals surface area contributed by atoms with Gasteiger partial charge in [0, 0.05) is 5.25 Å². The van der Waals surface area contributed by atoms with Crippen LogP contribution in [0.1, 0.15) is 33.6 Å². The van der Waals surface area contributed by atoms with Crippen LogP contribution in [0.3, 0.4) is 0 Å². The third-order valence-electron chi connectivity index (χ3n) is 1.88. The number of thioether (sulfide) groups is 1. The highest BCUT2D eigenvalue weighted by atomic mass is 32.2. The molecule has 0 aliphatic rings. The van der Waals surface area contributed by atoms with Crippen LogP contribution < -0.4 is 0 Å². The molecule has 0 bridgehead atoms. The van der Waals surface area contributed by atoms with Gasteiger partial charge in [-0.2, -0.15) is 0 Å². The summed E-state index contributed by atoms with van der Waals surface area (Å²) in [4.78, 5) is 10.7. The Morgan fingerprint density at radius 3 is 2.31 bits per heavy atom. The lowest BCUT2D eigenvalue weighted by Crippen LogP contribution is -2.24. The summed E-state index contributed by atoms with van der Waals surface area (Å²) in [6.07, 6.45) is 1.07. The molecule has 0 aromatic carbocycles. The van der Waals surface area contributed by atoms with Crippen LogP contribution in [0.25, 0.3) is 0 Å². The Morgan fingerprint density at radius 1 is 1.46 bits per heavy atom. The number of hydrogen-bond acceptors (Lipinski definition) is 3. The number of carboxylic acid groups (broad SMARTS) is 1. The average molecular weight is 206 g/mol. The van der Waals surface area contributed by atoms with Crippen molar-refractivity contribution >= 4 is 17.7 Å².